The second-order valence-corrected chi connectivity index (χ2v) is 8.75. The van der Waals surface area contributed by atoms with E-state index in [1.807, 2.05) is 5.32 Å². The van der Waals surface area contributed by atoms with E-state index in [1.165, 1.54) is 0 Å². The highest BCUT2D eigenvalue weighted by Gasteiger charge is 2.52. The summed E-state index contributed by atoms with van der Waals surface area (Å²) in [4.78, 5) is 46.4. The van der Waals surface area contributed by atoms with Crippen LogP contribution in [0.4, 0.5) is 16.2 Å². The number of carbonyl (C=O) groups is 2. The number of aryl methyl sites for hydroxylation is 2. The summed E-state index contributed by atoms with van der Waals surface area (Å²) in [5.74, 6) is -1.57. The molecule has 0 spiro atoms. The Morgan fingerprint density at radius 3 is 2.41 bits per heavy atom. The molecule has 0 fully saturated rings. The minimum absolute atomic E-state index is 0.270. The molecule has 32 heavy (non-hydrogen) atoms. The van der Waals surface area contributed by atoms with Crippen molar-refractivity contribution < 1.29 is 48.9 Å². The number of nitrogens with one attached hydrogen (secondary N) is 2. The van der Waals surface area contributed by atoms with E-state index in [0.29, 0.717) is 5.69 Å². The van der Waals surface area contributed by atoms with Crippen LogP contribution >= 0.6 is 7.82 Å². The highest BCUT2D eigenvalue weighted by atomic mass is 31.2. The lowest BCUT2D eigenvalue weighted by Crippen LogP contribution is -2.69. The maximum absolute atomic E-state index is 12.4. The van der Waals surface area contributed by atoms with E-state index < -0.39 is 62.8 Å². The van der Waals surface area contributed by atoms with Crippen molar-refractivity contribution in [3.63, 3.8) is 0 Å². The molecule has 0 radical (unpaired) electrons. The van der Waals surface area contributed by atoms with Crippen molar-refractivity contribution in [2.24, 2.45) is 4.99 Å². The third-order valence-electron chi connectivity index (χ3n) is 5.13. The normalized spacial score (nSPS) is 23.4. The Kier molecular flexibility index (Phi) is 6.43. The number of rotatable bonds is 7. The fourth-order valence-electron chi connectivity index (χ4n) is 3.30. The topological polar surface area (TPSA) is 221 Å². The van der Waals surface area contributed by atoms with Gasteiger partial charge in [0.1, 0.15) is 18.3 Å². The minimum Gasteiger partial charge on any atom is -0.388 e. The number of aliphatic imine (C=N–C) groups is 1. The summed E-state index contributed by atoms with van der Waals surface area (Å²) in [5, 5.41) is 46.0. The second kappa shape index (κ2) is 8.50. The molecule has 2 heterocycles. The van der Waals surface area contributed by atoms with Crippen LogP contribution in [0.2, 0.25) is 0 Å². The molecule has 1 aromatic carbocycles. The van der Waals surface area contributed by atoms with Crippen LogP contribution in [-0.4, -0.2) is 85.2 Å². The molecule has 3 rings (SSSR count). The van der Waals surface area contributed by atoms with Gasteiger partial charge in [-0.25, -0.2) is 9.36 Å². The van der Waals surface area contributed by atoms with Crippen LogP contribution in [0.5, 0.6) is 0 Å². The lowest BCUT2D eigenvalue weighted by Gasteiger charge is -2.44. The zero-order valence-electron chi connectivity index (χ0n) is 17.0. The number of anilines is 2. The predicted molar refractivity (Wildman–Crippen MR) is 109 cm³/mol. The summed E-state index contributed by atoms with van der Waals surface area (Å²) in [6, 6.07) is 2.21. The van der Waals surface area contributed by atoms with Crippen molar-refractivity contribution in [1.29, 1.82) is 0 Å². The summed E-state index contributed by atoms with van der Waals surface area (Å²) in [5.41, 5.74) is -0.288. The number of benzene rings is 1. The molecule has 0 aromatic heterocycles. The molecule has 1 aromatic rings. The number of phosphoric acid groups is 1. The van der Waals surface area contributed by atoms with Gasteiger partial charge in [0.2, 0.25) is 0 Å². The van der Waals surface area contributed by atoms with E-state index in [4.69, 9.17) is 9.79 Å². The number of imide groups is 1. The van der Waals surface area contributed by atoms with Crippen LogP contribution in [0, 0.1) is 13.8 Å². The summed E-state index contributed by atoms with van der Waals surface area (Å²) >= 11 is 0. The van der Waals surface area contributed by atoms with Crippen LogP contribution in [0.15, 0.2) is 17.1 Å². The Morgan fingerprint density at radius 1 is 1.16 bits per heavy atom. The zero-order valence-corrected chi connectivity index (χ0v) is 17.9. The largest absolute Gasteiger partial charge is 0.469 e. The van der Waals surface area contributed by atoms with Crippen molar-refractivity contribution in [1.82, 2.24) is 5.32 Å². The molecule has 0 unspecified atom stereocenters. The molecule has 2 aliphatic heterocycles. The number of hydrogen-bond donors (Lipinski definition) is 8. The first-order valence-electron chi connectivity index (χ1n) is 9.31. The molecular weight excluding hydrogens is 451 g/mol. The number of urea groups is 1. The van der Waals surface area contributed by atoms with Gasteiger partial charge in [-0.15, -0.1) is 0 Å². The van der Waals surface area contributed by atoms with Gasteiger partial charge in [0.25, 0.3) is 11.6 Å². The van der Waals surface area contributed by atoms with Gasteiger partial charge in [-0.2, -0.15) is 4.99 Å². The zero-order chi connectivity index (χ0) is 24.0. The van der Waals surface area contributed by atoms with Gasteiger partial charge in [0, 0.05) is 0 Å². The van der Waals surface area contributed by atoms with E-state index in [-0.39, 0.29) is 5.69 Å². The Labute approximate surface area is 181 Å². The number of carbonyl (C=O) groups excluding carboxylic acids is 2. The van der Waals surface area contributed by atoms with E-state index in [9.17, 15) is 34.6 Å². The third-order valence-corrected chi connectivity index (χ3v) is 5.61. The Bertz CT molecular complexity index is 1030. The molecule has 4 atom stereocenters. The average Bonchev–Trinajstić information content (AvgIpc) is 2.68. The molecule has 0 aliphatic carbocycles. The van der Waals surface area contributed by atoms with Crippen molar-refractivity contribution in [3.05, 3.63) is 23.3 Å². The number of fused-ring (bicyclic) bond motifs is 2. The van der Waals surface area contributed by atoms with Crippen molar-refractivity contribution in [2.75, 3.05) is 23.4 Å². The summed E-state index contributed by atoms with van der Waals surface area (Å²) in [6.45, 7) is 2.02. The highest BCUT2D eigenvalue weighted by Crippen LogP contribution is 2.39. The number of amidine groups is 1. The molecular formula is C17H23N4O10P. The van der Waals surface area contributed by atoms with Gasteiger partial charge in [-0.05, 0) is 37.1 Å². The summed E-state index contributed by atoms with van der Waals surface area (Å²) in [6.07, 6.45) is -5.63. The van der Waals surface area contributed by atoms with Gasteiger partial charge >= 0.3 is 13.9 Å². The van der Waals surface area contributed by atoms with Gasteiger partial charge in [0.15, 0.2) is 5.84 Å². The first-order valence-corrected chi connectivity index (χ1v) is 10.8. The molecule has 0 saturated carbocycles. The Balaban J connectivity index is 1.96. The molecule has 0 saturated heterocycles. The lowest BCUT2D eigenvalue weighted by atomic mass is 9.98. The Morgan fingerprint density at radius 2 is 1.78 bits per heavy atom. The number of aliphatic hydroxyl groups is 4. The molecule has 0 bridgehead atoms. The maximum atomic E-state index is 12.4. The van der Waals surface area contributed by atoms with Crippen molar-refractivity contribution >= 4 is 37.0 Å². The van der Waals surface area contributed by atoms with Gasteiger partial charge < -0.3 is 40.4 Å². The molecule has 15 heteroatoms. The monoisotopic (exact) mass is 474 g/mol. The van der Waals surface area contributed by atoms with Gasteiger partial charge in [-0.1, -0.05) is 0 Å². The average molecular weight is 474 g/mol. The molecule has 176 valence electrons. The smallest absolute Gasteiger partial charge is 0.388 e. The van der Waals surface area contributed by atoms with E-state index in [1.54, 1.807) is 26.0 Å². The molecule has 14 nitrogen and oxygen atoms in total. The fourth-order valence-corrected chi connectivity index (χ4v) is 3.65. The number of aliphatic hydroxyl groups excluding tert-OH is 3. The maximum Gasteiger partial charge on any atom is 0.469 e. The number of hydrogen-bond acceptors (Lipinski definition) is 10. The number of β-amino-alcohol motifs (C(OH)–C–C–N with tert-alkyl or cyclic N) is 1. The molecule has 3 amide bonds. The van der Waals surface area contributed by atoms with E-state index in [0.717, 1.165) is 16.0 Å². The van der Waals surface area contributed by atoms with Crippen LogP contribution in [0.1, 0.15) is 11.1 Å². The first-order chi connectivity index (χ1) is 14.7. The van der Waals surface area contributed by atoms with Gasteiger partial charge in [0.05, 0.1) is 24.5 Å². The summed E-state index contributed by atoms with van der Waals surface area (Å²) < 4.78 is 14.9. The van der Waals surface area contributed by atoms with Crippen LogP contribution < -0.4 is 15.5 Å². The van der Waals surface area contributed by atoms with E-state index in [2.05, 4.69) is 14.8 Å². The molecule has 8 N–H and O–H groups in total. The first kappa shape index (κ1) is 24.2. The third kappa shape index (κ3) is 4.67. The Hall–Kier alpha value is -2.42. The van der Waals surface area contributed by atoms with Crippen molar-refractivity contribution in [2.45, 2.75) is 37.9 Å². The standard InChI is InChI=1S/C17H23N4O10P/c1-7-3-9-10(4-8(7)2)21(14-17(27,20-9)15(25)19-16(26)18-14)5-11(22)13(24)12(23)6-31-32(28,29)30/h3-4,11-13,20,22-24,27H,5-6H2,1-2H3,(H,19,25,26)(H2,28,29,30)/t11-,12+,13-,17-/m0/s1. The molecule has 2 aliphatic rings. The number of phosphoric ester groups is 1. The minimum atomic E-state index is -4.93. The highest BCUT2D eigenvalue weighted by molar-refractivity contribution is 7.46. The SMILES string of the molecule is Cc1cc2c(cc1C)N(C[C@H](O)[C@H](O)[C@H](O)COP(=O)(O)O)C1=NC(=O)NC(=O)[C@]1(O)N2. The second-order valence-electron chi connectivity index (χ2n) is 7.51. The summed E-state index contributed by atoms with van der Waals surface area (Å²) in [7, 11) is -4.93. The number of nitrogens with zero attached hydrogens (tertiary/aromatic N) is 2. The van der Waals surface area contributed by atoms with Gasteiger partial charge in [-0.3, -0.25) is 14.6 Å². The fraction of sp³-hybridized carbons (Fsp3) is 0.471. The van der Waals surface area contributed by atoms with E-state index >= 15 is 0 Å². The predicted octanol–water partition coefficient (Wildman–Crippen LogP) is -1.94. The van der Waals surface area contributed by atoms with Crippen molar-refractivity contribution in [3.8, 4) is 0 Å². The van der Waals surface area contributed by atoms with Crippen LogP contribution in [-0.2, 0) is 13.9 Å². The van der Waals surface area contributed by atoms with Crippen LogP contribution in [0.25, 0.3) is 0 Å². The number of amides is 3. The van der Waals surface area contributed by atoms with Crippen LogP contribution in [0.3, 0.4) is 0 Å². The quantitative estimate of drug-likeness (QED) is 0.202. The lowest BCUT2D eigenvalue weighted by molar-refractivity contribution is -0.131.